The Hall–Kier alpha value is -0.710. The van der Waals surface area contributed by atoms with Crippen LogP contribution in [0.5, 0.6) is 0 Å². The van der Waals surface area contributed by atoms with Gasteiger partial charge in [-0.3, -0.25) is 0 Å². The fourth-order valence-corrected chi connectivity index (χ4v) is 1.45. The summed E-state index contributed by atoms with van der Waals surface area (Å²) in [5.74, 6) is 0.0936. The number of nitrogens with zero attached hydrogens (tertiary/aromatic N) is 2. The number of halogens is 4. The Morgan fingerprint density at radius 2 is 1.92 bits per heavy atom. The summed E-state index contributed by atoms with van der Waals surface area (Å²) in [4.78, 5) is 0. The highest BCUT2D eigenvalue weighted by molar-refractivity contribution is 6.45. The summed E-state index contributed by atoms with van der Waals surface area (Å²) in [5, 5.41) is 2.72. The molecule has 1 heterocycles. The van der Waals surface area contributed by atoms with Crippen LogP contribution in [-0.2, 0) is 0 Å². The highest BCUT2D eigenvalue weighted by atomic mass is 35.5. The van der Waals surface area contributed by atoms with Crippen molar-refractivity contribution in [2.24, 2.45) is 11.0 Å². The van der Waals surface area contributed by atoms with Crippen LogP contribution in [0.25, 0.3) is 0 Å². The Morgan fingerprint density at radius 3 is 2.31 bits per heavy atom. The van der Waals surface area contributed by atoms with Crippen LogP contribution in [0.3, 0.4) is 0 Å². The molecule has 2 nitrogen and oxygen atoms in total. The summed E-state index contributed by atoms with van der Waals surface area (Å²) < 4.78 is 36.5. The Bertz CT molecular complexity index is 301. The van der Waals surface area contributed by atoms with Gasteiger partial charge in [-0.2, -0.15) is 18.6 Å². The highest BCUT2D eigenvalue weighted by Gasteiger charge is 2.45. The molecule has 0 aromatic rings. The number of allylic oxidation sites excluding steroid dienone is 2. The maximum absolute atomic E-state index is 12.2. The molecule has 1 fully saturated rings. The molecule has 13 heavy (non-hydrogen) atoms. The van der Waals surface area contributed by atoms with Crippen molar-refractivity contribution in [3.05, 3.63) is 10.7 Å². The second kappa shape index (κ2) is 2.64. The molecule has 2 aliphatic rings. The second-order valence-electron chi connectivity index (χ2n) is 3.02. The minimum Gasteiger partial charge on any atom is -0.164 e. The van der Waals surface area contributed by atoms with Crippen molar-refractivity contribution in [3.8, 4) is 0 Å². The van der Waals surface area contributed by atoms with Gasteiger partial charge in [0.25, 0.3) is 0 Å². The van der Waals surface area contributed by atoms with Crippen LogP contribution in [-0.4, -0.2) is 11.9 Å². The fourth-order valence-electron chi connectivity index (χ4n) is 1.11. The first kappa shape index (κ1) is 8.87. The zero-order valence-corrected chi connectivity index (χ0v) is 7.15. The first-order valence-electron chi connectivity index (χ1n) is 3.76. The minimum atomic E-state index is -4.49. The van der Waals surface area contributed by atoms with Crippen molar-refractivity contribution in [1.29, 1.82) is 0 Å². The molecular weight excluding hydrogens is 205 g/mol. The van der Waals surface area contributed by atoms with Gasteiger partial charge < -0.3 is 0 Å². The summed E-state index contributed by atoms with van der Waals surface area (Å²) in [5.41, 5.74) is 2.68. The molecular formula is C7H5ClF3N2. The summed E-state index contributed by atoms with van der Waals surface area (Å²) in [6, 6.07) is 0. The normalized spacial score (nSPS) is 23.2. The van der Waals surface area contributed by atoms with Crippen molar-refractivity contribution in [3.63, 3.8) is 0 Å². The zero-order valence-electron chi connectivity index (χ0n) is 6.40. The number of hydrogen-bond acceptors (Lipinski definition) is 1. The molecule has 0 aromatic carbocycles. The van der Waals surface area contributed by atoms with E-state index in [-0.39, 0.29) is 11.0 Å². The first-order chi connectivity index (χ1) is 6.00. The molecule has 1 saturated carbocycles. The molecule has 1 aliphatic heterocycles. The molecule has 0 spiro atoms. The van der Waals surface area contributed by atoms with Crippen LogP contribution in [0.2, 0.25) is 0 Å². The van der Waals surface area contributed by atoms with Gasteiger partial charge in [0, 0.05) is 5.92 Å². The van der Waals surface area contributed by atoms with E-state index in [2.05, 4.69) is 10.5 Å². The Kier molecular flexibility index (Phi) is 1.80. The molecule has 1 radical (unpaired) electrons. The minimum absolute atomic E-state index is 0.0936. The number of alkyl halides is 3. The molecule has 6 heteroatoms. The zero-order chi connectivity index (χ0) is 9.64. The lowest BCUT2D eigenvalue weighted by Gasteiger charge is -2.03. The van der Waals surface area contributed by atoms with Crippen LogP contribution in [0.4, 0.5) is 13.2 Å². The summed E-state index contributed by atoms with van der Waals surface area (Å²) in [7, 11) is 0. The van der Waals surface area contributed by atoms with Crippen molar-refractivity contribution < 1.29 is 13.2 Å². The van der Waals surface area contributed by atoms with Crippen molar-refractivity contribution in [2.45, 2.75) is 19.0 Å². The Balaban J connectivity index is 2.24. The highest BCUT2D eigenvalue weighted by Crippen LogP contribution is 2.42. The molecule has 0 saturated heterocycles. The SMILES string of the molecule is FC(F)(F)C1=N[N]C(C2CC2)=C1Cl. The molecule has 2 rings (SSSR count). The van der Waals surface area contributed by atoms with E-state index in [1.807, 2.05) is 0 Å². The van der Waals surface area contributed by atoms with Gasteiger partial charge >= 0.3 is 6.18 Å². The van der Waals surface area contributed by atoms with Gasteiger partial charge in [-0.1, -0.05) is 11.6 Å². The van der Waals surface area contributed by atoms with Gasteiger partial charge in [0.1, 0.15) is 0 Å². The Labute approximate surface area is 77.4 Å². The lowest BCUT2D eigenvalue weighted by atomic mass is 10.2. The smallest absolute Gasteiger partial charge is 0.164 e. The van der Waals surface area contributed by atoms with Gasteiger partial charge in [-0.15, -0.1) is 5.10 Å². The fraction of sp³-hybridized carbons (Fsp3) is 0.571. The average Bonchev–Trinajstić information content (AvgIpc) is 2.73. The van der Waals surface area contributed by atoms with Gasteiger partial charge in [0.15, 0.2) is 5.71 Å². The monoisotopic (exact) mass is 209 g/mol. The van der Waals surface area contributed by atoms with Crippen molar-refractivity contribution >= 4 is 17.3 Å². The Morgan fingerprint density at radius 1 is 1.31 bits per heavy atom. The van der Waals surface area contributed by atoms with E-state index in [1.54, 1.807) is 0 Å². The molecule has 0 unspecified atom stereocenters. The van der Waals surface area contributed by atoms with E-state index in [0.717, 1.165) is 12.8 Å². The van der Waals surface area contributed by atoms with Crippen molar-refractivity contribution in [2.75, 3.05) is 0 Å². The maximum Gasteiger partial charge on any atom is 0.436 e. The van der Waals surface area contributed by atoms with Crippen LogP contribution in [0.15, 0.2) is 15.8 Å². The number of rotatable bonds is 1. The molecule has 0 atom stereocenters. The van der Waals surface area contributed by atoms with Gasteiger partial charge in [-0.25, -0.2) is 0 Å². The second-order valence-corrected chi connectivity index (χ2v) is 3.40. The van der Waals surface area contributed by atoms with Gasteiger partial charge in [0.2, 0.25) is 0 Å². The topological polar surface area (TPSA) is 26.5 Å². The molecule has 0 N–H and O–H groups in total. The summed E-state index contributed by atoms with van der Waals surface area (Å²) >= 11 is 5.50. The molecule has 0 amide bonds. The third-order valence-corrected chi connectivity index (χ3v) is 2.30. The van der Waals surface area contributed by atoms with Crippen LogP contribution in [0, 0.1) is 5.92 Å². The standard InChI is InChI=1S/C7H5ClF3N2/c8-4-5(3-1-2-3)12-13-6(4)7(9,10)11/h3H,1-2H2. The maximum atomic E-state index is 12.2. The van der Waals surface area contributed by atoms with E-state index in [0.29, 0.717) is 5.70 Å². The van der Waals surface area contributed by atoms with Crippen LogP contribution < -0.4 is 5.43 Å². The quantitative estimate of drug-likeness (QED) is 0.634. The van der Waals surface area contributed by atoms with E-state index >= 15 is 0 Å². The predicted octanol–water partition coefficient (Wildman–Crippen LogP) is 2.38. The summed E-state index contributed by atoms with van der Waals surface area (Å²) in [6.45, 7) is 0. The van der Waals surface area contributed by atoms with E-state index in [1.165, 1.54) is 0 Å². The largest absolute Gasteiger partial charge is 0.436 e. The predicted molar refractivity (Wildman–Crippen MR) is 41.2 cm³/mol. The molecule has 1 aliphatic carbocycles. The molecule has 71 valence electrons. The molecule has 0 aromatic heterocycles. The van der Waals surface area contributed by atoms with E-state index in [4.69, 9.17) is 11.6 Å². The molecule has 0 bridgehead atoms. The van der Waals surface area contributed by atoms with E-state index < -0.39 is 11.9 Å². The van der Waals surface area contributed by atoms with Crippen LogP contribution >= 0.6 is 11.6 Å². The summed E-state index contributed by atoms with van der Waals surface area (Å²) in [6.07, 6.45) is -2.78. The van der Waals surface area contributed by atoms with Crippen molar-refractivity contribution in [1.82, 2.24) is 5.43 Å². The lowest BCUT2D eigenvalue weighted by molar-refractivity contribution is -0.0579. The van der Waals surface area contributed by atoms with Crippen LogP contribution in [0.1, 0.15) is 12.8 Å². The number of hydrogen-bond donors (Lipinski definition) is 0. The van der Waals surface area contributed by atoms with Gasteiger partial charge in [-0.05, 0) is 12.8 Å². The third-order valence-electron chi connectivity index (χ3n) is 1.92. The lowest BCUT2D eigenvalue weighted by Crippen LogP contribution is -2.21. The van der Waals surface area contributed by atoms with E-state index in [9.17, 15) is 13.2 Å². The average molecular weight is 210 g/mol. The first-order valence-corrected chi connectivity index (χ1v) is 4.14. The third kappa shape index (κ3) is 1.52. The van der Waals surface area contributed by atoms with Gasteiger partial charge in [0.05, 0.1) is 10.7 Å².